The highest BCUT2D eigenvalue weighted by molar-refractivity contribution is 5.71. The zero-order chi connectivity index (χ0) is 17.8. The van der Waals surface area contributed by atoms with E-state index in [0.29, 0.717) is 13.2 Å². The first kappa shape index (κ1) is 17.1. The molecule has 2 atom stereocenters. The summed E-state index contributed by atoms with van der Waals surface area (Å²) < 4.78 is 11.1. The van der Waals surface area contributed by atoms with Gasteiger partial charge in [0, 0.05) is 6.61 Å². The van der Waals surface area contributed by atoms with Crippen molar-refractivity contribution >= 4 is 6.09 Å². The quantitative estimate of drug-likeness (QED) is 0.690. The largest absolute Gasteiger partial charge is 0.447 e. The molecular formula is C22H25NO3. The molecule has 0 aromatic heterocycles. The summed E-state index contributed by atoms with van der Waals surface area (Å²) in [7, 11) is 0. The molecule has 0 N–H and O–H groups in total. The highest BCUT2D eigenvalue weighted by atomic mass is 16.6. The number of carbonyl (C=O) groups excluding carboxylic acids is 1. The lowest BCUT2D eigenvalue weighted by molar-refractivity contribution is 0.111. The van der Waals surface area contributed by atoms with Gasteiger partial charge in [-0.1, -0.05) is 54.6 Å². The Morgan fingerprint density at radius 2 is 1.85 bits per heavy atom. The predicted molar refractivity (Wildman–Crippen MR) is 99.8 cm³/mol. The summed E-state index contributed by atoms with van der Waals surface area (Å²) >= 11 is 0. The molecule has 0 radical (unpaired) electrons. The van der Waals surface area contributed by atoms with Crippen LogP contribution in [0.4, 0.5) is 4.79 Å². The first-order chi connectivity index (χ1) is 12.8. The van der Waals surface area contributed by atoms with Gasteiger partial charge in [0.1, 0.15) is 6.61 Å². The van der Waals surface area contributed by atoms with Crippen molar-refractivity contribution in [2.45, 2.75) is 44.4 Å². The molecule has 2 aliphatic heterocycles. The van der Waals surface area contributed by atoms with Gasteiger partial charge < -0.3 is 9.47 Å². The van der Waals surface area contributed by atoms with Crippen LogP contribution in [-0.2, 0) is 22.5 Å². The molecule has 4 rings (SSSR count). The number of cyclic esters (lactones) is 1. The zero-order valence-electron chi connectivity index (χ0n) is 15.0. The van der Waals surface area contributed by atoms with Crippen LogP contribution in [0.3, 0.4) is 0 Å². The number of hydrogen-bond donors (Lipinski definition) is 0. The standard InChI is InChI=1S/C22H25NO3/c24-22-23-19(16-26-22)14-18-10-4-5-11-20(18)21(23)12-6-7-13-25-15-17-8-2-1-3-9-17/h1-5,8-11,19,21H,6-7,12-16H2/t19-,21+/m0/s1. The van der Waals surface area contributed by atoms with Gasteiger partial charge in [0.2, 0.25) is 0 Å². The molecule has 136 valence electrons. The van der Waals surface area contributed by atoms with E-state index in [0.717, 1.165) is 32.3 Å². The smallest absolute Gasteiger partial charge is 0.410 e. The molecule has 2 aromatic carbocycles. The minimum atomic E-state index is -0.158. The van der Waals surface area contributed by atoms with Crippen molar-refractivity contribution in [3.63, 3.8) is 0 Å². The van der Waals surface area contributed by atoms with Crippen LogP contribution in [0.1, 0.15) is 42.0 Å². The molecule has 0 aliphatic carbocycles. The van der Waals surface area contributed by atoms with Crippen LogP contribution in [0.5, 0.6) is 0 Å². The summed E-state index contributed by atoms with van der Waals surface area (Å²) in [5, 5.41) is 0. The van der Waals surface area contributed by atoms with Gasteiger partial charge in [-0.25, -0.2) is 4.79 Å². The topological polar surface area (TPSA) is 38.8 Å². The number of unbranched alkanes of at least 4 members (excludes halogenated alkanes) is 1. The first-order valence-electron chi connectivity index (χ1n) is 9.47. The van der Waals surface area contributed by atoms with Crippen LogP contribution < -0.4 is 0 Å². The molecule has 1 fully saturated rings. The summed E-state index contributed by atoms with van der Waals surface area (Å²) in [6, 6.07) is 19.1. The second kappa shape index (κ2) is 7.92. The van der Waals surface area contributed by atoms with Crippen molar-refractivity contribution in [2.24, 2.45) is 0 Å². The van der Waals surface area contributed by atoms with Gasteiger partial charge in [0.25, 0.3) is 0 Å². The summed E-state index contributed by atoms with van der Waals surface area (Å²) in [4.78, 5) is 14.2. The van der Waals surface area contributed by atoms with E-state index in [1.165, 1.54) is 16.7 Å². The molecule has 0 bridgehead atoms. The molecule has 4 heteroatoms. The van der Waals surface area contributed by atoms with Crippen molar-refractivity contribution in [3.8, 4) is 0 Å². The Hall–Kier alpha value is -2.33. The van der Waals surface area contributed by atoms with Gasteiger partial charge in [-0.2, -0.15) is 0 Å². The van der Waals surface area contributed by atoms with E-state index in [-0.39, 0.29) is 18.2 Å². The van der Waals surface area contributed by atoms with Gasteiger partial charge >= 0.3 is 6.09 Å². The molecule has 0 spiro atoms. The Labute approximate surface area is 154 Å². The average Bonchev–Trinajstić information content (AvgIpc) is 3.05. The second-order valence-corrected chi connectivity index (χ2v) is 7.09. The average molecular weight is 351 g/mol. The molecule has 0 saturated carbocycles. The Bertz CT molecular complexity index is 746. The predicted octanol–water partition coefficient (Wildman–Crippen LogP) is 4.49. The number of ether oxygens (including phenoxy) is 2. The van der Waals surface area contributed by atoms with Crippen LogP contribution in [0, 0.1) is 0 Å². The van der Waals surface area contributed by atoms with Crippen molar-refractivity contribution in [3.05, 3.63) is 71.3 Å². The minimum Gasteiger partial charge on any atom is -0.447 e. The Morgan fingerprint density at radius 1 is 1.04 bits per heavy atom. The number of nitrogens with zero attached hydrogens (tertiary/aromatic N) is 1. The van der Waals surface area contributed by atoms with Crippen LogP contribution >= 0.6 is 0 Å². The maximum absolute atomic E-state index is 12.2. The fraction of sp³-hybridized carbons (Fsp3) is 0.409. The fourth-order valence-electron chi connectivity index (χ4n) is 4.06. The molecule has 1 saturated heterocycles. The van der Waals surface area contributed by atoms with Gasteiger partial charge in [0.05, 0.1) is 18.7 Å². The van der Waals surface area contributed by atoms with Gasteiger partial charge in [-0.15, -0.1) is 0 Å². The normalized spacial score (nSPS) is 21.2. The Kier molecular flexibility index (Phi) is 5.21. The minimum absolute atomic E-state index is 0.133. The third kappa shape index (κ3) is 3.61. The van der Waals surface area contributed by atoms with Gasteiger partial charge in [-0.3, -0.25) is 4.90 Å². The number of carbonyl (C=O) groups is 1. The molecule has 1 amide bonds. The van der Waals surface area contributed by atoms with Crippen LogP contribution in [0.2, 0.25) is 0 Å². The lowest BCUT2D eigenvalue weighted by Crippen LogP contribution is -2.42. The lowest BCUT2D eigenvalue weighted by Gasteiger charge is -2.37. The number of amides is 1. The molecule has 26 heavy (non-hydrogen) atoms. The fourth-order valence-corrected chi connectivity index (χ4v) is 4.06. The zero-order valence-corrected chi connectivity index (χ0v) is 15.0. The number of benzene rings is 2. The van der Waals surface area contributed by atoms with Crippen molar-refractivity contribution in [1.82, 2.24) is 4.90 Å². The van der Waals surface area contributed by atoms with E-state index in [4.69, 9.17) is 9.47 Å². The molecular weight excluding hydrogens is 326 g/mol. The highest BCUT2D eigenvalue weighted by Crippen LogP contribution is 2.39. The summed E-state index contributed by atoms with van der Waals surface area (Å²) in [6.07, 6.45) is 3.73. The Balaban J connectivity index is 1.31. The highest BCUT2D eigenvalue weighted by Gasteiger charge is 2.42. The Morgan fingerprint density at radius 3 is 2.73 bits per heavy atom. The van der Waals surface area contributed by atoms with E-state index in [9.17, 15) is 4.79 Å². The van der Waals surface area contributed by atoms with E-state index in [2.05, 4.69) is 36.4 Å². The van der Waals surface area contributed by atoms with Crippen LogP contribution in [0.15, 0.2) is 54.6 Å². The first-order valence-corrected chi connectivity index (χ1v) is 9.47. The third-order valence-electron chi connectivity index (χ3n) is 5.34. The second-order valence-electron chi connectivity index (χ2n) is 7.09. The van der Waals surface area contributed by atoms with Gasteiger partial charge in [-0.05, 0) is 42.4 Å². The summed E-state index contributed by atoms with van der Waals surface area (Å²) in [5.74, 6) is 0. The molecule has 4 nitrogen and oxygen atoms in total. The molecule has 0 unspecified atom stereocenters. The SMILES string of the molecule is O=C1OC[C@@H]2Cc3ccccc3[C@@H](CCCCOCc3ccccc3)N12. The van der Waals surface area contributed by atoms with E-state index in [1.54, 1.807) is 0 Å². The summed E-state index contributed by atoms with van der Waals surface area (Å²) in [5.41, 5.74) is 3.85. The number of fused-ring (bicyclic) bond motifs is 2. The molecule has 2 heterocycles. The van der Waals surface area contributed by atoms with Crippen LogP contribution in [-0.4, -0.2) is 30.2 Å². The van der Waals surface area contributed by atoms with Gasteiger partial charge in [0.15, 0.2) is 0 Å². The maximum Gasteiger partial charge on any atom is 0.410 e. The summed E-state index contributed by atoms with van der Waals surface area (Å²) in [6.45, 7) is 1.93. The molecule has 2 aromatic rings. The maximum atomic E-state index is 12.2. The van der Waals surface area contributed by atoms with E-state index in [1.807, 2.05) is 23.1 Å². The number of rotatable bonds is 7. The van der Waals surface area contributed by atoms with Crippen molar-refractivity contribution in [1.29, 1.82) is 0 Å². The van der Waals surface area contributed by atoms with Crippen molar-refractivity contribution in [2.75, 3.05) is 13.2 Å². The lowest BCUT2D eigenvalue weighted by atomic mass is 9.87. The third-order valence-corrected chi connectivity index (χ3v) is 5.34. The molecule has 2 aliphatic rings. The van der Waals surface area contributed by atoms with E-state index >= 15 is 0 Å². The number of hydrogen-bond acceptors (Lipinski definition) is 3. The van der Waals surface area contributed by atoms with Crippen LogP contribution in [0.25, 0.3) is 0 Å². The van der Waals surface area contributed by atoms with Crippen molar-refractivity contribution < 1.29 is 14.3 Å². The monoisotopic (exact) mass is 351 g/mol. The van der Waals surface area contributed by atoms with E-state index < -0.39 is 0 Å².